The van der Waals surface area contributed by atoms with E-state index >= 15 is 0 Å². The molecule has 0 radical (unpaired) electrons. The number of halogens is 1. The van der Waals surface area contributed by atoms with Crippen LogP contribution in [0.4, 0.5) is 0 Å². The summed E-state index contributed by atoms with van der Waals surface area (Å²) < 4.78 is 0.976. The maximum absolute atomic E-state index is 13.6. The van der Waals surface area contributed by atoms with Gasteiger partial charge in [0.05, 0.1) is 6.42 Å². The molecule has 4 nitrogen and oxygen atoms in total. The van der Waals surface area contributed by atoms with Crippen LogP contribution in [0.1, 0.15) is 37.0 Å². The number of hydrogen-bond donors (Lipinski definition) is 1. The fourth-order valence-corrected chi connectivity index (χ4v) is 3.92. The van der Waals surface area contributed by atoms with Crippen LogP contribution in [-0.4, -0.2) is 28.8 Å². The highest BCUT2D eigenvalue weighted by atomic mass is 79.9. The molecule has 172 valence electrons. The summed E-state index contributed by atoms with van der Waals surface area (Å²) in [6.07, 6.45) is 1.54. The van der Waals surface area contributed by atoms with Gasteiger partial charge in [-0.05, 0) is 42.2 Å². The average Bonchev–Trinajstić information content (AvgIpc) is 2.83. The molecule has 0 saturated heterocycles. The van der Waals surface area contributed by atoms with Gasteiger partial charge in [-0.2, -0.15) is 0 Å². The van der Waals surface area contributed by atoms with Crippen LogP contribution in [0.25, 0.3) is 0 Å². The molecule has 3 aromatic rings. The number of rotatable bonds is 10. The molecule has 33 heavy (non-hydrogen) atoms. The topological polar surface area (TPSA) is 49.4 Å². The summed E-state index contributed by atoms with van der Waals surface area (Å²) in [6.45, 7) is 4.39. The van der Waals surface area contributed by atoms with Crippen molar-refractivity contribution < 1.29 is 9.59 Å². The van der Waals surface area contributed by atoms with Crippen molar-refractivity contribution in [1.29, 1.82) is 0 Å². The second kappa shape index (κ2) is 12.4. The fourth-order valence-electron chi connectivity index (χ4n) is 3.65. The van der Waals surface area contributed by atoms with E-state index in [2.05, 4.69) is 21.2 Å². The molecule has 0 fully saturated rings. The Morgan fingerprint density at radius 2 is 1.42 bits per heavy atom. The van der Waals surface area contributed by atoms with Gasteiger partial charge in [-0.3, -0.25) is 9.59 Å². The third-order valence-electron chi connectivity index (χ3n) is 5.74. The van der Waals surface area contributed by atoms with Crippen molar-refractivity contribution in [2.75, 3.05) is 0 Å². The van der Waals surface area contributed by atoms with Gasteiger partial charge in [0, 0.05) is 23.5 Å². The van der Waals surface area contributed by atoms with Crippen LogP contribution in [0.5, 0.6) is 0 Å². The summed E-state index contributed by atoms with van der Waals surface area (Å²) in [5.74, 6) is -0.184. The summed E-state index contributed by atoms with van der Waals surface area (Å²) in [6, 6.07) is 26.9. The van der Waals surface area contributed by atoms with Crippen LogP contribution >= 0.6 is 15.9 Å². The van der Waals surface area contributed by atoms with E-state index in [4.69, 9.17) is 0 Å². The van der Waals surface area contributed by atoms with E-state index in [1.54, 1.807) is 4.90 Å². The minimum Gasteiger partial charge on any atom is -0.352 e. The van der Waals surface area contributed by atoms with Gasteiger partial charge < -0.3 is 10.2 Å². The second-order valence-corrected chi connectivity index (χ2v) is 9.25. The van der Waals surface area contributed by atoms with Gasteiger partial charge >= 0.3 is 0 Å². The van der Waals surface area contributed by atoms with Crippen molar-refractivity contribution in [2.45, 2.75) is 51.7 Å². The maximum Gasteiger partial charge on any atom is 0.243 e. The molecule has 0 saturated carbocycles. The van der Waals surface area contributed by atoms with Crippen LogP contribution < -0.4 is 5.32 Å². The van der Waals surface area contributed by atoms with Gasteiger partial charge in [-0.15, -0.1) is 0 Å². The Kier molecular flexibility index (Phi) is 9.25. The molecule has 2 atom stereocenters. The first-order valence-electron chi connectivity index (χ1n) is 11.4. The zero-order valence-corrected chi connectivity index (χ0v) is 20.8. The highest BCUT2D eigenvalue weighted by molar-refractivity contribution is 9.10. The average molecular weight is 507 g/mol. The number of carbonyl (C=O) groups is 2. The highest BCUT2D eigenvalue weighted by Crippen LogP contribution is 2.18. The molecule has 0 heterocycles. The van der Waals surface area contributed by atoms with Crippen LogP contribution in [0.3, 0.4) is 0 Å². The summed E-state index contributed by atoms with van der Waals surface area (Å²) in [5.41, 5.74) is 2.94. The number of benzene rings is 3. The zero-order chi connectivity index (χ0) is 23.6. The Labute approximate surface area is 205 Å². The minimum absolute atomic E-state index is 0.0366. The van der Waals surface area contributed by atoms with Gasteiger partial charge in [-0.1, -0.05) is 95.7 Å². The minimum atomic E-state index is -0.610. The first kappa shape index (κ1) is 24.7. The Morgan fingerprint density at radius 1 is 0.848 bits per heavy atom. The Bertz CT molecular complexity index is 1020. The molecule has 0 aliphatic rings. The molecular formula is C28H31BrN2O2. The summed E-state index contributed by atoms with van der Waals surface area (Å²) in [4.78, 5) is 28.8. The third kappa shape index (κ3) is 7.57. The van der Waals surface area contributed by atoms with E-state index in [0.29, 0.717) is 13.0 Å². The zero-order valence-electron chi connectivity index (χ0n) is 19.2. The van der Waals surface area contributed by atoms with E-state index in [9.17, 15) is 9.59 Å². The van der Waals surface area contributed by atoms with Crippen LogP contribution in [-0.2, 0) is 29.0 Å². The molecule has 0 unspecified atom stereocenters. The van der Waals surface area contributed by atoms with Crippen molar-refractivity contribution in [3.8, 4) is 0 Å². The Morgan fingerprint density at radius 3 is 2.00 bits per heavy atom. The molecule has 0 aliphatic carbocycles. The number of nitrogens with zero attached hydrogens (tertiary/aromatic N) is 1. The van der Waals surface area contributed by atoms with Gasteiger partial charge in [0.25, 0.3) is 0 Å². The number of nitrogens with one attached hydrogen (secondary N) is 1. The lowest BCUT2D eigenvalue weighted by Crippen LogP contribution is -2.52. The molecule has 3 aromatic carbocycles. The molecule has 5 heteroatoms. The van der Waals surface area contributed by atoms with Crippen LogP contribution in [0.2, 0.25) is 0 Å². The van der Waals surface area contributed by atoms with Crippen LogP contribution in [0.15, 0.2) is 89.4 Å². The normalized spacial score (nSPS) is 12.6. The molecule has 0 bridgehead atoms. The van der Waals surface area contributed by atoms with Gasteiger partial charge in [-0.25, -0.2) is 0 Å². The molecule has 1 N–H and O–H groups in total. The van der Waals surface area contributed by atoms with Gasteiger partial charge in [0.2, 0.25) is 11.8 Å². The van der Waals surface area contributed by atoms with Crippen LogP contribution in [0, 0.1) is 0 Å². The maximum atomic E-state index is 13.6. The van der Waals surface area contributed by atoms with E-state index in [-0.39, 0.29) is 24.3 Å². The summed E-state index contributed by atoms with van der Waals surface area (Å²) >= 11 is 3.47. The van der Waals surface area contributed by atoms with E-state index in [0.717, 1.165) is 27.6 Å². The van der Waals surface area contributed by atoms with Crippen molar-refractivity contribution >= 4 is 27.7 Å². The lowest BCUT2D eigenvalue weighted by molar-refractivity contribution is -0.141. The molecule has 3 rings (SSSR count). The van der Waals surface area contributed by atoms with Crippen molar-refractivity contribution in [3.63, 3.8) is 0 Å². The fraction of sp³-hybridized carbons (Fsp3) is 0.286. The first-order chi connectivity index (χ1) is 16.0. The second-order valence-electron chi connectivity index (χ2n) is 8.33. The Hall–Kier alpha value is -2.92. The predicted octanol–water partition coefficient (Wildman–Crippen LogP) is 5.55. The molecule has 2 amide bonds. The quantitative estimate of drug-likeness (QED) is 0.392. The molecule has 0 aliphatic heterocycles. The molecule has 0 spiro atoms. The monoisotopic (exact) mass is 506 g/mol. The van der Waals surface area contributed by atoms with E-state index in [1.807, 2.05) is 98.8 Å². The van der Waals surface area contributed by atoms with Crippen molar-refractivity contribution in [3.05, 3.63) is 106 Å². The lowest BCUT2D eigenvalue weighted by atomic mass is 10.0. The summed E-state index contributed by atoms with van der Waals surface area (Å²) in [5, 5.41) is 3.10. The first-order valence-corrected chi connectivity index (χ1v) is 12.2. The largest absolute Gasteiger partial charge is 0.352 e. The number of amides is 2. The highest BCUT2D eigenvalue weighted by Gasteiger charge is 2.30. The molecular weight excluding hydrogens is 476 g/mol. The predicted molar refractivity (Wildman–Crippen MR) is 137 cm³/mol. The van der Waals surface area contributed by atoms with E-state index < -0.39 is 6.04 Å². The molecule has 0 aromatic heterocycles. The third-order valence-corrected chi connectivity index (χ3v) is 6.27. The van der Waals surface area contributed by atoms with Gasteiger partial charge in [0.15, 0.2) is 0 Å². The smallest absolute Gasteiger partial charge is 0.243 e. The summed E-state index contributed by atoms with van der Waals surface area (Å²) in [7, 11) is 0. The van der Waals surface area contributed by atoms with Gasteiger partial charge in [0.1, 0.15) is 6.04 Å². The van der Waals surface area contributed by atoms with Crippen molar-refractivity contribution in [1.82, 2.24) is 10.2 Å². The SMILES string of the molecule is CC[C@@H](C)NC(=O)[C@@H](Cc1ccccc1)N(Cc1ccc(Br)cc1)C(=O)Cc1ccccc1. The standard InChI is InChI=1S/C28H31BrN2O2/c1-3-21(2)30-28(33)26(18-22-10-6-4-7-11-22)31(20-24-14-16-25(29)17-15-24)27(32)19-23-12-8-5-9-13-23/h4-17,21,26H,3,18-20H2,1-2H3,(H,30,33)/t21-,26-/m1/s1. The lowest BCUT2D eigenvalue weighted by Gasteiger charge is -2.32. The number of hydrogen-bond acceptors (Lipinski definition) is 2. The Balaban J connectivity index is 1.95. The van der Waals surface area contributed by atoms with E-state index in [1.165, 1.54) is 0 Å². The number of carbonyl (C=O) groups excluding carboxylic acids is 2. The van der Waals surface area contributed by atoms with Crippen molar-refractivity contribution in [2.24, 2.45) is 0 Å².